The smallest absolute Gasteiger partial charge is 0.478 e. The number of carboxylic acids is 1. The Labute approximate surface area is 102 Å². The van der Waals surface area contributed by atoms with Crippen LogP contribution in [0, 0.1) is 5.82 Å². The van der Waals surface area contributed by atoms with Crippen molar-refractivity contribution in [1.82, 2.24) is 15.4 Å². The van der Waals surface area contributed by atoms with E-state index in [1.807, 2.05) is 0 Å². The summed E-state index contributed by atoms with van der Waals surface area (Å²) in [7, 11) is 0. The molecule has 5 nitrogen and oxygen atoms in total. The number of carboxylic acid groups (broad SMARTS) is 1. The average Bonchev–Trinajstić information content (AvgIpc) is 2.67. The molecule has 0 saturated heterocycles. The van der Waals surface area contributed by atoms with E-state index in [1.165, 1.54) is 24.3 Å². The predicted molar refractivity (Wildman–Crippen MR) is 47.7 cm³/mol. The molecule has 76 valence electrons. The standard InChI is InChI=1S/C9H6FN3O2.Li/c10-6-3-1-5(2-4-6)7-8(9(14)15)12-13-11-7;/h1-4H,(H2,11,12,13,14,15);/q;+1/p-1. The molecule has 0 bridgehead atoms. The van der Waals surface area contributed by atoms with Gasteiger partial charge in [0.05, 0.1) is 5.69 Å². The van der Waals surface area contributed by atoms with Gasteiger partial charge in [0.25, 0.3) is 0 Å². The van der Waals surface area contributed by atoms with Gasteiger partial charge in [0.15, 0.2) is 0 Å². The van der Waals surface area contributed by atoms with Gasteiger partial charge in [-0.2, -0.15) is 0 Å². The van der Waals surface area contributed by atoms with E-state index in [9.17, 15) is 9.18 Å². The summed E-state index contributed by atoms with van der Waals surface area (Å²) in [5.41, 5.74) is 0.378. The minimum atomic E-state index is -1.21. The SMILES string of the molecule is O=C(O)c1[n-]nnc1-c1ccc(F)cc1.[Li+]. The van der Waals surface area contributed by atoms with Crippen molar-refractivity contribution >= 4 is 5.97 Å². The van der Waals surface area contributed by atoms with Crippen LogP contribution in [-0.2, 0) is 0 Å². The molecule has 0 spiro atoms. The van der Waals surface area contributed by atoms with Crippen LogP contribution in [0.25, 0.3) is 11.3 Å². The quantitative estimate of drug-likeness (QED) is 0.580. The second kappa shape index (κ2) is 4.92. The van der Waals surface area contributed by atoms with Crippen LogP contribution >= 0.6 is 0 Å². The molecule has 0 aliphatic rings. The largest absolute Gasteiger partial charge is 1.00 e. The minimum absolute atomic E-state index is 0. The zero-order valence-corrected chi connectivity index (χ0v) is 8.38. The van der Waals surface area contributed by atoms with Crippen LogP contribution in [0.5, 0.6) is 0 Å². The number of hydrogen-bond donors (Lipinski definition) is 1. The molecule has 16 heavy (non-hydrogen) atoms. The van der Waals surface area contributed by atoms with Crippen molar-refractivity contribution in [3.8, 4) is 11.3 Å². The van der Waals surface area contributed by atoms with E-state index in [2.05, 4.69) is 15.4 Å². The van der Waals surface area contributed by atoms with Gasteiger partial charge in [-0.15, -0.1) is 0 Å². The summed E-state index contributed by atoms with van der Waals surface area (Å²) < 4.78 is 12.6. The molecule has 1 aromatic heterocycles. The Bertz CT molecular complexity index is 498. The third-order valence-corrected chi connectivity index (χ3v) is 1.83. The fourth-order valence-corrected chi connectivity index (χ4v) is 1.15. The van der Waals surface area contributed by atoms with Crippen molar-refractivity contribution in [2.45, 2.75) is 0 Å². The van der Waals surface area contributed by atoms with Crippen molar-refractivity contribution in [3.05, 3.63) is 35.8 Å². The number of hydrogen-bond acceptors (Lipinski definition) is 3. The first-order chi connectivity index (χ1) is 7.18. The first kappa shape index (κ1) is 12.4. The van der Waals surface area contributed by atoms with Gasteiger partial charge in [-0.1, -0.05) is 12.1 Å². The van der Waals surface area contributed by atoms with Crippen LogP contribution in [0.2, 0.25) is 0 Å². The van der Waals surface area contributed by atoms with E-state index in [1.54, 1.807) is 0 Å². The van der Waals surface area contributed by atoms with Gasteiger partial charge in [0.1, 0.15) is 5.82 Å². The molecule has 0 fully saturated rings. The molecule has 0 atom stereocenters. The number of aromatic carboxylic acids is 1. The van der Waals surface area contributed by atoms with Crippen molar-refractivity contribution in [1.29, 1.82) is 0 Å². The third-order valence-electron chi connectivity index (χ3n) is 1.83. The van der Waals surface area contributed by atoms with E-state index in [0.717, 1.165) is 0 Å². The summed E-state index contributed by atoms with van der Waals surface area (Å²) in [5.74, 6) is -1.61. The fraction of sp³-hybridized carbons (Fsp3) is 0. The first-order valence-corrected chi connectivity index (χ1v) is 4.04. The maximum Gasteiger partial charge on any atom is 1.00 e. The van der Waals surface area contributed by atoms with Crippen LogP contribution in [0.15, 0.2) is 24.3 Å². The molecule has 1 N–H and O–H groups in total. The van der Waals surface area contributed by atoms with Crippen LogP contribution in [0.3, 0.4) is 0 Å². The molecule has 0 saturated carbocycles. The van der Waals surface area contributed by atoms with E-state index in [-0.39, 0.29) is 30.2 Å². The molecule has 2 rings (SSSR count). The van der Waals surface area contributed by atoms with Gasteiger partial charge in [-0.05, 0) is 23.4 Å². The van der Waals surface area contributed by atoms with E-state index in [0.29, 0.717) is 5.56 Å². The average molecular weight is 213 g/mol. The summed E-state index contributed by atoms with van der Waals surface area (Å²) in [5, 5.41) is 19.0. The summed E-state index contributed by atoms with van der Waals surface area (Å²) in [6, 6.07) is 5.28. The molecule has 1 heterocycles. The van der Waals surface area contributed by atoms with Crippen molar-refractivity contribution in [2.24, 2.45) is 0 Å². The van der Waals surface area contributed by atoms with Gasteiger partial charge in [0.2, 0.25) is 0 Å². The predicted octanol–water partition coefficient (Wildman–Crippen LogP) is -2.06. The maximum atomic E-state index is 12.6. The molecule has 2 aromatic rings. The minimum Gasteiger partial charge on any atom is -0.478 e. The zero-order chi connectivity index (χ0) is 10.8. The second-order valence-electron chi connectivity index (χ2n) is 2.80. The van der Waals surface area contributed by atoms with E-state index >= 15 is 0 Å². The van der Waals surface area contributed by atoms with Gasteiger partial charge in [-0.3, -0.25) is 5.21 Å². The van der Waals surface area contributed by atoms with Crippen molar-refractivity contribution in [3.63, 3.8) is 0 Å². The molecular weight excluding hydrogens is 208 g/mol. The van der Waals surface area contributed by atoms with Crippen LogP contribution < -0.4 is 24.0 Å². The zero-order valence-electron chi connectivity index (χ0n) is 8.38. The Morgan fingerprint density at radius 1 is 1.31 bits per heavy atom. The summed E-state index contributed by atoms with van der Waals surface area (Å²) in [6.07, 6.45) is 0. The van der Waals surface area contributed by atoms with Crippen molar-refractivity contribution < 1.29 is 33.2 Å². The molecule has 1 aromatic carbocycles. The molecule has 0 aliphatic heterocycles. The van der Waals surface area contributed by atoms with Gasteiger partial charge in [0, 0.05) is 0 Å². The molecule has 7 heteroatoms. The summed E-state index contributed by atoms with van der Waals surface area (Å²) in [4.78, 5) is 10.7. The first-order valence-electron chi connectivity index (χ1n) is 4.04. The number of benzene rings is 1. The molecule has 0 aliphatic carbocycles. The Kier molecular flexibility index (Phi) is 3.82. The molecule has 0 radical (unpaired) electrons. The Morgan fingerprint density at radius 3 is 2.50 bits per heavy atom. The van der Waals surface area contributed by atoms with Crippen LogP contribution in [-0.4, -0.2) is 21.4 Å². The van der Waals surface area contributed by atoms with Gasteiger partial charge < -0.3 is 15.3 Å². The van der Waals surface area contributed by atoms with Crippen LogP contribution in [0.1, 0.15) is 10.5 Å². The number of nitrogens with zero attached hydrogens (tertiary/aromatic N) is 3. The molecule has 0 unspecified atom stereocenters. The molecular formula is C9H5FLiN3O2. The number of halogens is 1. The fourth-order valence-electron chi connectivity index (χ4n) is 1.15. The monoisotopic (exact) mass is 213 g/mol. The number of carbonyl (C=O) groups is 1. The summed E-state index contributed by atoms with van der Waals surface area (Å²) in [6.45, 7) is 0. The Morgan fingerprint density at radius 2 is 1.94 bits per heavy atom. The van der Waals surface area contributed by atoms with Gasteiger partial charge in [-0.25, -0.2) is 9.18 Å². The van der Waals surface area contributed by atoms with Crippen LogP contribution in [0.4, 0.5) is 4.39 Å². The number of rotatable bonds is 2. The third kappa shape index (κ3) is 2.29. The van der Waals surface area contributed by atoms with E-state index in [4.69, 9.17) is 5.11 Å². The van der Waals surface area contributed by atoms with Crippen molar-refractivity contribution in [2.75, 3.05) is 0 Å². The summed E-state index contributed by atoms with van der Waals surface area (Å²) >= 11 is 0. The molecule has 0 amide bonds. The van der Waals surface area contributed by atoms with Gasteiger partial charge >= 0.3 is 24.8 Å². The Hall–Kier alpha value is -1.64. The maximum absolute atomic E-state index is 12.6. The normalized spacial score (nSPS) is 9.56. The Balaban J connectivity index is 0.00000128. The van der Waals surface area contributed by atoms with E-state index < -0.39 is 11.8 Å². The second-order valence-corrected chi connectivity index (χ2v) is 2.80. The topological polar surface area (TPSA) is 77.2 Å². The number of aromatic nitrogens is 3.